The second-order valence-corrected chi connectivity index (χ2v) is 5.08. The van der Waals surface area contributed by atoms with Gasteiger partial charge in [-0.05, 0) is 5.56 Å². The van der Waals surface area contributed by atoms with Gasteiger partial charge >= 0.3 is 5.97 Å². The number of ether oxygens (including phenoxy) is 2. The Hall–Kier alpha value is -1.92. The average molecular weight is 292 g/mol. The minimum Gasteiger partial charge on any atom is -0.467 e. The predicted molar refractivity (Wildman–Crippen MR) is 76.4 cm³/mol. The molecule has 1 saturated heterocycles. The van der Waals surface area contributed by atoms with Crippen molar-refractivity contribution in [2.24, 2.45) is 11.7 Å². The molecule has 1 aromatic carbocycles. The molecule has 0 spiro atoms. The molecular formula is C15H20N2O4. The van der Waals surface area contributed by atoms with Crippen molar-refractivity contribution in [3.8, 4) is 0 Å². The maximum Gasteiger partial charge on any atom is 0.328 e. The topological polar surface area (TPSA) is 90.6 Å². The summed E-state index contributed by atoms with van der Waals surface area (Å²) in [7, 11) is 1.30. The molecule has 0 saturated carbocycles. The fourth-order valence-electron chi connectivity index (χ4n) is 2.31. The lowest BCUT2D eigenvalue weighted by atomic mass is 10.0. The summed E-state index contributed by atoms with van der Waals surface area (Å²) >= 11 is 0. The lowest BCUT2D eigenvalue weighted by Gasteiger charge is -2.20. The van der Waals surface area contributed by atoms with Gasteiger partial charge < -0.3 is 20.5 Å². The Kier molecular flexibility index (Phi) is 5.30. The van der Waals surface area contributed by atoms with Gasteiger partial charge in [0, 0.05) is 12.5 Å². The molecule has 3 unspecified atom stereocenters. The highest BCUT2D eigenvalue weighted by Crippen LogP contribution is 2.13. The first-order valence-corrected chi connectivity index (χ1v) is 6.87. The molecule has 0 radical (unpaired) electrons. The number of hydrogen-bond donors (Lipinski definition) is 2. The minimum atomic E-state index is -0.724. The monoisotopic (exact) mass is 292 g/mol. The third kappa shape index (κ3) is 4.03. The lowest BCUT2D eigenvalue weighted by Crippen LogP contribution is -2.49. The normalized spacial score (nSPS) is 22.6. The van der Waals surface area contributed by atoms with Gasteiger partial charge in [0.2, 0.25) is 5.91 Å². The molecule has 1 fully saturated rings. The maximum absolute atomic E-state index is 12.2. The summed E-state index contributed by atoms with van der Waals surface area (Å²) in [5.41, 5.74) is 6.76. The zero-order chi connectivity index (χ0) is 15.2. The van der Waals surface area contributed by atoms with Crippen LogP contribution in [-0.4, -0.2) is 44.3 Å². The molecule has 3 atom stereocenters. The Labute approximate surface area is 123 Å². The van der Waals surface area contributed by atoms with Crippen LogP contribution in [-0.2, 0) is 25.5 Å². The second kappa shape index (κ2) is 7.19. The Balaban J connectivity index is 2.02. The summed E-state index contributed by atoms with van der Waals surface area (Å²) in [5, 5.41) is 2.72. The molecule has 1 aromatic rings. The van der Waals surface area contributed by atoms with Crippen LogP contribution in [0.3, 0.4) is 0 Å². The number of carbonyl (C=O) groups excluding carboxylic acids is 2. The predicted octanol–water partition coefficient (Wildman–Crippen LogP) is -0.139. The number of benzene rings is 1. The molecular weight excluding hydrogens is 272 g/mol. The van der Waals surface area contributed by atoms with Gasteiger partial charge in [0.15, 0.2) is 0 Å². The van der Waals surface area contributed by atoms with E-state index in [-0.39, 0.29) is 18.6 Å². The van der Waals surface area contributed by atoms with E-state index in [1.165, 1.54) is 7.11 Å². The molecule has 3 N–H and O–H groups in total. The molecule has 0 aliphatic carbocycles. The molecule has 1 aliphatic rings. The third-order valence-electron chi connectivity index (χ3n) is 3.55. The quantitative estimate of drug-likeness (QED) is 0.737. The Morgan fingerprint density at radius 3 is 2.67 bits per heavy atom. The molecule has 2 rings (SSSR count). The van der Waals surface area contributed by atoms with E-state index in [4.69, 9.17) is 15.2 Å². The van der Waals surface area contributed by atoms with Crippen LogP contribution in [0.2, 0.25) is 0 Å². The van der Waals surface area contributed by atoms with E-state index in [0.29, 0.717) is 13.0 Å². The van der Waals surface area contributed by atoms with Crippen LogP contribution >= 0.6 is 0 Å². The summed E-state index contributed by atoms with van der Waals surface area (Å²) in [6, 6.07) is 8.39. The van der Waals surface area contributed by atoms with E-state index in [2.05, 4.69) is 5.32 Å². The Morgan fingerprint density at radius 1 is 1.38 bits per heavy atom. The first-order chi connectivity index (χ1) is 10.1. The standard InChI is InChI=1S/C15H20N2O4/c1-20-15(19)13(7-10-5-3-2-4-6-10)17-14(18)11-8-21-9-12(11)16/h2-6,11-13H,7-9,16H2,1H3,(H,17,18). The number of amides is 1. The zero-order valence-electron chi connectivity index (χ0n) is 12.0. The molecule has 114 valence electrons. The molecule has 0 bridgehead atoms. The molecule has 6 heteroatoms. The van der Waals surface area contributed by atoms with Gasteiger partial charge in [-0.25, -0.2) is 4.79 Å². The first-order valence-electron chi connectivity index (χ1n) is 6.87. The fraction of sp³-hybridized carbons (Fsp3) is 0.467. The molecule has 21 heavy (non-hydrogen) atoms. The van der Waals surface area contributed by atoms with Gasteiger partial charge in [-0.3, -0.25) is 4.79 Å². The van der Waals surface area contributed by atoms with Gasteiger partial charge in [-0.2, -0.15) is 0 Å². The van der Waals surface area contributed by atoms with E-state index in [1.54, 1.807) is 0 Å². The molecule has 0 aromatic heterocycles. The smallest absolute Gasteiger partial charge is 0.328 e. The van der Waals surface area contributed by atoms with Crippen molar-refractivity contribution in [2.45, 2.75) is 18.5 Å². The third-order valence-corrected chi connectivity index (χ3v) is 3.55. The van der Waals surface area contributed by atoms with Crippen LogP contribution in [0, 0.1) is 5.92 Å². The van der Waals surface area contributed by atoms with Gasteiger partial charge in [0.05, 0.1) is 26.2 Å². The minimum absolute atomic E-state index is 0.272. The number of rotatable bonds is 5. The van der Waals surface area contributed by atoms with E-state index >= 15 is 0 Å². The summed E-state index contributed by atoms with van der Waals surface area (Å²) < 4.78 is 9.93. The van der Waals surface area contributed by atoms with E-state index in [0.717, 1.165) is 5.56 Å². The summed E-state index contributed by atoms with van der Waals surface area (Å²) in [6.07, 6.45) is 0.377. The van der Waals surface area contributed by atoms with Crippen molar-refractivity contribution < 1.29 is 19.1 Å². The number of hydrogen-bond acceptors (Lipinski definition) is 5. The van der Waals surface area contributed by atoms with Crippen LogP contribution < -0.4 is 11.1 Å². The van der Waals surface area contributed by atoms with Crippen LogP contribution in [0.5, 0.6) is 0 Å². The number of esters is 1. The van der Waals surface area contributed by atoms with Crippen molar-refractivity contribution in [1.82, 2.24) is 5.32 Å². The van der Waals surface area contributed by atoms with E-state index in [1.807, 2.05) is 30.3 Å². The highest BCUT2D eigenvalue weighted by molar-refractivity contribution is 5.86. The maximum atomic E-state index is 12.2. The second-order valence-electron chi connectivity index (χ2n) is 5.08. The van der Waals surface area contributed by atoms with Crippen molar-refractivity contribution in [3.63, 3.8) is 0 Å². The molecule has 1 aliphatic heterocycles. The van der Waals surface area contributed by atoms with Gasteiger partial charge in [0.1, 0.15) is 6.04 Å². The SMILES string of the molecule is COC(=O)C(Cc1ccccc1)NC(=O)C1COCC1N. The van der Waals surface area contributed by atoms with Crippen molar-refractivity contribution >= 4 is 11.9 Å². The largest absolute Gasteiger partial charge is 0.467 e. The van der Waals surface area contributed by atoms with Crippen molar-refractivity contribution in [3.05, 3.63) is 35.9 Å². The Bertz CT molecular complexity index is 492. The van der Waals surface area contributed by atoms with Crippen molar-refractivity contribution in [2.75, 3.05) is 20.3 Å². The van der Waals surface area contributed by atoms with Crippen molar-refractivity contribution in [1.29, 1.82) is 0 Å². The number of methoxy groups -OCH3 is 1. The fourth-order valence-corrected chi connectivity index (χ4v) is 2.31. The number of carbonyl (C=O) groups is 2. The average Bonchev–Trinajstić information content (AvgIpc) is 2.93. The zero-order valence-corrected chi connectivity index (χ0v) is 12.0. The highest BCUT2D eigenvalue weighted by Gasteiger charge is 2.33. The van der Waals surface area contributed by atoms with E-state index < -0.39 is 17.9 Å². The first kappa shape index (κ1) is 15.5. The lowest BCUT2D eigenvalue weighted by molar-refractivity contribution is -0.145. The van der Waals surface area contributed by atoms with Crippen LogP contribution in [0.25, 0.3) is 0 Å². The summed E-state index contributed by atoms with van der Waals surface area (Å²) in [5.74, 6) is -1.17. The van der Waals surface area contributed by atoms with Crippen LogP contribution in [0.1, 0.15) is 5.56 Å². The van der Waals surface area contributed by atoms with Gasteiger partial charge in [0.25, 0.3) is 0 Å². The molecule has 6 nitrogen and oxygen atoms in total. The molecule has 1 heterocycles. The van der Waals surface area contributed by atoms with Crippen LogP contribution in [0.15, 0.2) is 30.3 Å². The Morgan fingerprint density at radius 2 is 2.10 bits per heavy atom. The van der Waals surface area contributed by atoms with E-state index in [9.17, 15) is 9.59 Å². The highest BCUT2D eigenvalue weighted by atomic mass is 16.5. The number of nitrogens with two attached hydrogens (primary N) is 1. The summed E-state index contributed by atoms with van der Waals surface area (Å²) in [6.45, 7) is 0.645. The molecule has 1 amide bonds. The van der Waals surface area contributed by atoms with Gasteiger partial charge in [-0.1, -0.05) is 30.3 Å². The number of nitrogens with one attached hydrogen (secondary N) is 1. The van der Waals surface area contributed by atoms with Gasteiger partial charge in [-0.15, -0.1) is 0 Å². The van der Waals surface area contributed by atoms with Crippen LogP contribution in [0.4, 0.5) is 0 Å². The summed E-state index contributed by atoms with van der Waals surface area (Å²) in [4.78, 5) is 24.0.